The summed E-state index contributed by atoms with van der Waals surface area (Å²) >= 11 is 0. The van der Waals surface area contributed by atoms with Crippen LogP contribution in [0, 0.1) is 13.8 Å². The third kappa shape index (κ3) is 7.59. The van der Waals surface area contributed by atoms with Gasteiger partial charge in [-0.25, -0.2) is 23.7 Å². The molecule has 0 aromatic carbocycles. The number of likely N-dealkylation sites (tertiary alicyclic amines) is 1. The van der Waals surface area contributed by atoms with Crippen LogP contribution < -0.4 is 15.4 Å². The lowest BCUT2D eigenvalue weighted by Crippen LogP contribution is -2.39. The Morgan fingerprint density at radius 2 is 1.87 bits per heavy atom. The molecule has 0 radical (unpaired) electrons. The van der Waals surface area contributed by atoms with Crippen LogP contribution in [0.3, 0.4) is 0 Å². The molecule has 4 aromatic heterocycles. The number of pyridine rings is 2. The van der Waals surface area contributed by atoms with Gasteiger partial charge in [0.05, 0.1) is 28.7 Å². The zero-order valence-electron chi connectivity index (χ0n) is 26.5. The van der Waals surface area contributed by atoms with Gasteiger partial charge in [0.15, 0.2) is 5.82 Å². The highest BCUT2D eigenvalue weighted by molar-refractivity contribution is 5.78. The van der Waals surface area contributed by atoms with E-state index in [9.17, 15) is 13.9 Å². The maximum Gasteiger partial charge on any atom is 0.257 e. The van der Waals surface area contributed by atoms with Crippen LogP contribution in [0.2, 0.25) is 0 Å². The molecule has 6 rings (SSSR count). The summed E-state index contributed by atoms with van der Waals surface area (Å²) in [6.07, 6.45) is 6.99. The fourth-order valence-corrected chi connectivity index (χ4v) is 5.98. The van der Waals surface area contributed by atoms with Gasteiger partial charge in [-0.2, -0.15) is 5.10 Å². The first kappa shape index (κ1) is 31.7. The van der Waals surface area contributed by atoms with Gasteiger partial charge in [-0.15, -0.1) is 0 Å². The molecule has 244 valence electrons. The van der Waals surface area contributed by atoms with Crippen LogP contribution in [0.25, 0.3) is 22.6 Å². The topological polar surface area (TPSA) is 126 Å². The van der Waals surface area contributed by atoms with Crippen LogP contribution in [-0.2, 0) is 6.54 Å². The van der Waals surface area contributed by atoms with Crippen LogP contribution in [0.15, 0.2) is 42.9 Å². The normalized spacial score (nSPS) is 20.0. The van der Waals surface area contributed by atoms with Gasteiger partial charge in [-0.1, -0.05) is 0 Å². The lowest BCUT2D eigenvalue weighted by molar-refractivity contribution is 0.0196. The Kier molecular flexibility index (Phi) is 9.41. The van der Waals surface area contributed by atoms with Crippen molar-refractivity contribution < 1.29 is 18.6 Å². The number of aryl methyl sites for hydroxylation is 1. The van der Waals surface area contributed by atoms with Crippen molar-refractivity contribution in [3.05, 3.63) is 54.2 Å². The van der Waals surface area contributed by atoms with E-state index in [4.69, 9.17) is 9.72 Å². The minimum absolute atomic E-state index is 0.180. The van der Waals surface area contributed by atoms with Crippen LogP contribution in [0.5, 0.6) is 5.75 Å². The second-order valence-corrected chi connectivity index (χ2v) is 12.5. The number of anilines is 3. The largest absolute Gasteiger partial charge is 0.491 e. The highest BCUT2D eigenvalue weighted by Gasteiger charge is 2.29. The lowest BCUT2D eigenvalue weighted by Gasteiger charge is -2.34. The molecular weight excluding hydrogens is 592 g/mol. The molecule has 46 heavy (non-hydrogen) atoms. The molecule has 2 fully saturated rings. The number of alkyl halides is 2. The lowest BCUT2D eigenvalue weighted by atomic mass is 9.83. The van der Waals surface area contributed by atoms with E-state index in [2.05, 4.69) is 35.6 Å². The van der Waals surface area contributed by atoms with Gasteiger partial charge < -0.3 is 20.5 Å². The molecule has 13 heteroatoms. The summed E-state index contributed by atoms with van der Waals surface area (Å²) in [6.45, 7) is 8.73. The Labute approximate surface area is 267 Å². The molecule has 0 atom stereocenters. The molecule has 1 aliphatic heterocycles. The summed E-state index contributed by atoms with van der Waals surface area (Å²) in [5.41, 5.74) is 3.60. The van der Waals surface area contributed by atoms with Crippen molar-refractivity contribution in [1.29, 1.82) is 0 Å². The number of aliphatic hydroxyl groups is 1. The van der Waals surface area contributed by atoms with Gasteiger partial charge in [-0.3, -0.25) is 14.6 Å². The molecule has 0 spiro atoms. The molecule has 1 saturated carbocycles. The van der Waals surface area contributed by atoms with Gasteiger partial charge in [0.25, 0.3) is 6.43 Å². The third-order valence-corrected chi connectivity index (χ3v) is 8.79. The first-order chi connectivity index (χ1) is 22.1. The minimum Gasteiger partial charge on any atom is -0.491 e. The van der Waals surface area contributed by atoms with Crippen LogP contribution in [0.4, 0.5) is 26.1 Å². The number of halogens is 2. The molecule has 11 nitrogen and oxygen atoms in total. The van der Waals surface area contributed by atoms with E-state index < -0.39 is 18.6 Å². The number of nitrogens with one attached hydrogen (secondary N) is 2. The van der Waals surface area contributed by atoms with E-state index >= 15 is 0 Å². The average Bonchev–Trinajstić information content (AvgIpc) is 3.27. The summed E-state index contributed by atoms with van der Waals surface area (Å²) in [4.78, 5) is 20.8. The van der Waals surface area contributed by atoms with Crippen LogP contribution in [0.1, 0.15) is 50.4 Å². The maximum absolute atomic E-state index is 13.1. The number of rotatable bonds is 12. The molecule has 5 heterocycles. The summed E-state index contributed by atoms with van der Waals surface area (Å²) < 4.78 is 33.3. The van der Waals surface area contributed by atoms with Crippen molar-refractivity contribution >= 4 is 17.3 Å². The van der Waals surface area contributed by atoms with Crippen molar-refractivity contribution in [3.63, 3.8) is 0 Å². The number of aromatic nitrogens is 6. The van der Waals surface area contributed by atoms with E-state index in [0.29, 0.717) is 53.9 Å². The Morgan fingerprint density at radius 1 is 1.07 bits per heavy atom. The van der Waals surface area contributed by atoms with Crippen molar-refractivity contribution in [2.24, 2.45) is 0 Å². The fraction of sp³-hybridized carbons (Fsp3) is 0.485. The van der Waals surface area contributed by atoms with Gasteiger partial charge >= 0.3 is 0 Å². The molecule has 3 N–H and O–H groups in total. The monoisotopic (exact) mass is 633 g/mol. The summed E-state index contributed by atoms with van der Waals surface area (Å²) in [6, 6.07) is 7.71. The highest BCUT2D eigenvalue weighted by atomic mass is 19.3. The second kappa shape index (κ2) is 13.6. The molecule has 1 saturated heterocycles. The summed E-state index contributed by atoms with van der Waals surface area (Å²) in [5.74, 6) is 2.18. The van der Waals surface area contributed by atoms with Gasteiger partial charge in [0.1, 0.15) is 30.5 Å². The van der Waals surface area contributed by atoms with Crippen molar-refractivity contribution in [2.75, 3.05) is 36.9 Å². The number of hydrogen-bond acceptors (Lipinski definition) is 10. The highest BCUT2D eigenvalue weighted by Crippen LogP contribution is 2.35. The average molecular weight is 634 g/mol. The van der Waals surface area contributed by atoms with E-state index in [1.807, 2.05) is 25.1 Å². The molecular formula is C33H41F2N9O2. The molecule has 0 bridgehead atoms. The standard InChI is InChI=1S/C33H41F2N9O2/c1-21-31(22(2)44(42-21)20-28(34)35)32-36-12-9-29(41-32)40-30-17-27(39-23-7-10-33(3,45)11-8-23)25(19-38-30)26-6-5-24(18-37-26)46-16-15-43-13-4-14-43/h5-6,9,12,17-19,23,28,45H,4,7-8,10-11,13-16,20H2,1-3H3,(H2,36,38,39,40,41). The Balaban J connectivity index is 1.23. The number of ether oxygens (including phenoxy) is 1. The number of hydrogen-bond donors (Lipinski definition) is 3. The molecule has 4 aromatic rings. The number of nitrogens with zero attached hydrogens (tertiary/aromatic N) is 7. The van der Waals surface area contributed by atoms with Crippen LogP contribution >= 0.6 is 0 Å². The maximum atomic E-state index is 13.1. The van der Waals surface area contributed by atoms with Crippen LogP contribution in [-0.4, -0.2) is 84.0 Å². The Bertz CT molecular complexity index is 1630. The molecule has 0 amide bonds. The van der Waals surface area contributed by atoms with Gasteiger partial charge in [0, 0.05) is 48.0 Å². The van der Waals surface area contributed by atoms with Gasteiger partial charge in [0.2, 0.25) is 0 Å². The van der Waals surface area contributed by atoms with Crippen molar-refractivity contribution in [1.82, 2.24) is 34.6 Å². The summed E-state index contributed by atoms with van der Waals surface area (Å²) in [5, 5.41) is 21.7. The fourth-order valence-electron chi connectivity index (χ4n) is 5.98. The Hall–Kier alpha value is -4.23. The summed E-state index contributed by atoms with van der Waals surface area (Å²) in [7, 11) is 0. The molecule has 2 aliphatic rings. The van der Waals surface area contributed by atoms with Crippen molar-refractivity contribution in [3.8, 4) is 28.4 Å². The smallest absolute Gasteiger partial charge is 0.257 e. The van der Waals surface area contributed by atoms with E-state index in [1.165, 1.54) is 11.1 Å². The third-order valence-electron chi connectivity index (χ3n) is 8.79. The predicted octanol–water partition coefficient (Wildman–Crippen LogP) is 5.61. The van der Waals surface area contributed by atoms with E-state index in [-0.39, 0.29) is 6.04 Å². The van der Waals surface area contributed by atoms with E-state index in [1.54, 1.807) is 38.5 Å². The minimum atomic E-state index is -2.51. The Morgan fingerprint density at radius 3 is 2.57 bits per heavy atom. The van der Waals surface area contributed by atoms with Gasteiger partial charge in [-0.05, 0) is 84.2 Å². The quantitative estimate of drug-likeness (QED) is 0.181. The molecule has 1 aliphatic carbocycles. The SMILES string of the molecule is Cc1nn(CC(F)F)c(C)c1-c1nccc(Nc2cc(NC3CCC(C)(O)CC3)c(-c3ccc(OCCN4CCC4)cn3)cn2)n1. The zero-order valence-corrected chi connectivity index (χ0v) is 26.5. The zero-order chi connectivity index (χ0) is 32.3. The first-order valence-electron chi connectivity index (χ1n) is 15.9. The molecule has 0 unspecified atom stereocenters. The van der Waals surface area contributed by atoms with Crippen molar-refractivity contribution in [2.45, 2.75) is 77.5 Å². The predicted molar refractivity (Wildman–Crippen MR) is 173 cm³/mol. The first-order valence-corrected chi connectivity index (χ1v) is 15.9. The second-order valence-electron chi connectivity index (χ2n) is 12.5. The van der Waals surface area contributed by atoms with E-state index in [0.717, 1.165) is 55.2 Å².